The van der Waals surface area contributed by atoms with Crippen molar-refractivity contribution in [2.75, 3.05) is 20.2 Å². The Morgan fingerprint density at radius 2 is 1.86 bits per heavy atom. The topological polar surface area (TPSA) is 56.8 Å². The highest BCUT2D eigenvalue weighted by molar-refractivity contribution is 5.71. The van der Waals surface area contributed by atoms with E-state index in [-0.39, 0.29) is 24.8 Å². The van der Waals surface area contributed by atoms with E-state index in [2.05, 4.69) is 5.32 Å². The van der Waals surface area contributed by atoms with Crippen LogP contribution in [0.15, 0.2) is 24.3 Å². The number of carbonyl (C=O) groups excluding carboxylic acids is 1. The Labute approximate surface area is 126 Å². The average Bonchev–Trinajstić information content (AvgIpc) is 2.46. The van der Waals surface area contributed by atoms with Gasteiger partial charge in [0.05, 0.1) is 12.5 Å². The fourth-order valence-electron chi connectivity index (χ4n) is 1.54. The third-order valence-corrected chi connectivity index (χ3v) is 2.78. The quantitative estimate of drug-likeness (QED) is 0.430. The molecule has 1 unspecified atom stereocenters. The maximum atomic E-state index is 11.4. The SMILES string of the molecule is CNCCOC(C)Oc1ccc(COC(=O)C(C)C)cc1. The van der Waals surface area contributed by atoms with Gasteiger partial charge in [0.15, 0.2) is 6.29 Å². The van der Waals surface area contributed by atoms with Gasteiger partial charge in [-0.2, -0.15) is 0 Å². The molecule has 0 amide bonds. The molecule has 1 aromatic carbocycles. The van der Waals surface area contributed by atoms with Crippen LogP contribution >= 0.6 is 0 Å². The lowest BCUT2D eigenvalue weighted by molar-refractivity contribution is -0.148. The van der Waals surface area contributed by atoms with Crippen molar-refractivity contribution in [1.82, 2.24) is 5.32 Å². The summed E-state index contributed by atoms with van der Waals surface area (Å²) >= 11 is 0. The molecule has 0 aromatic heterocycles. The minimum atomic E-state index is -0.303. The molecule has 5 nitrogen and oxygen atoms in total. The van der Waals surface area contributed by atoms with Crippen molar-refractivity contribution >= 4 is 5.97 Å². The molecule has 1 rings (SSSR count). The van der Waals surface area contributed by atoms with Crippen LogP contribution < -0.4 is 10.1 Å². The van der Waals surface area contributed by atoms with Crippen LogP contribution in [0.4, 0.5) is 0 Å². The highest BCUT2D eigenvalue weighted by atomic mass is 16.7. The second kappa shape index (κ2) is 9.37. The van der Waals surface area contributed by atoms with Crippen LogP contribution in [0, 0.1) is 5.92 Å². The number of hydrogen-bond acceptors (Lipinski definition) is 5. The predicted molar refractivity (Wildman–Crippen MR) is 81.0 cm³/mol. The Kier molecular flexibility index (Phi) is 7.79. The number of hydrogen-bond donors (Lipinski definition) is 1. The zero-order chi connectivity index (χ0) is 15.7. The lowest BCUT2D eigenvalue weighted by Gasteiger charge is -2.15. The van der Waals surface area contributed by atoms with Crippen molar-refractivity contribution in [3.05, 3.63) is 29.8 Å². The molecule has 0 aliphatic carbocycles. The molecule has 0 fully saturated rings. The Hall–Kier alpha value is -1.59. The van der Waals surface area contributed by atoms with E-state index < -0.39 is 0 Å². The summed E-state index contributed by atoms with van der Waals surface area (Å²) in [4.78, 5) is 11.4. The summed E-state index contributed by atoms with van der Waals surface area (Å²) in [6.45, 7) is 7.15. The number of rotatable bonds is 9. The number of benzene rings is 1. The monoisotopic (exact) mass is 295 g/mol. The average molecular weight is 295 g/mol. The normalized spacial score (nSPS) is 12.2. The minimum absolute atomic E-state index is 0.108. The molecule has 0 bridgehead atoms. The Balaban J connectivity index is 2.37. The van der Waals surface area contributed by atoms with Gasteiger partial charge in [0.25, 0.3) is 0 Å². The van der Waals surface area contributed by atoms with Crippen molar-refractivity contribution in [3.63, 3.8) is 0 Å². The predicted octanol–water partition coefficient (Wildman–Crippen LogP) is 2.35. The van der Waals surface area contributed by atoms with Gasteiger partial charge < -0.3 is 19.5 Å². The molecule has 0 heterocycles. The smallest absolute Gasteiger partial charge is 0.308 e. The summed E-state index contributed by atoms with van der Waals surface area (Å²) in [5.74, 6) is 0.427. The first kappa shape index (κ1) is 17.5. The third-order valence-electron chi connectivity index (χ3n) is 2.78. The summed E-state index contributed by atoms with van der Waals surface area (Å²) in [6.07, 6.45) is -0.303. The van der Waals surface area contributed by atoms with Crippen molar-refractivity contribution in [3.8, 4) is 5.75 Å². The molecule has 0 aliphatic heterocycles. The van der Waals surface area contributed by atoms with E-state index in [1.165, 1.54) is 0 Å². The van der Waals surface area contributed by atoms with Gasteiger partial charge >= 0.3 is 5.97 Å². The van der Waals surface area contributed by atoms with Crippen molar-refractivity contribution in [2.45, 2.75) is 33.7 Å². The molecular formula is C16H25NO4. The van der Waals surface area contributed by atoms with Gasteiger partial charge in [0.1, 0.15) is 12.4 Å². The molecule has 1 aromatic rings. The summed E-state index contributed by atoms with van der Waals surface area (Å²) < 4.78 is 16.3. The molecule has 0 spiro atoms. The van der Waals surface area contributed by atoms with Crippen LogP contribution in [-0.2, 0) is 20.9 Å². The van der Waals surface area contributed by atoms with E-state index in [9.17, 15) is 4.79 Å². The van der Waals surface area contributed by atoms with Crippen LogP contribution in [0.25, 0.3) is 0 Å². The van der Waals surface area contributed by atoms with Crippen molar-refractivity contribution in [1.29, 1.82) is 0 Å². The van der Waals surface area contributed by atoms with Crippen molar-refractivity contribution in [2.24, 2.45) is 5.92 Å². The molecular weight excluding hydrogens is 270 g/mol. The molecule has 118 valence electrons. The van der Waals surface area contributed by atoms with Gasteiger partial charge in [-0.05, 0) is 31.7 Å². The first-order valence-corrected chi connectivity index (χ1v) is 7.21. The van der Waals surface area contributed by atoms with E-state index in [1.54, 1.807) is 0 Å². The van der Waals surface area contributed by atoms with E-state index in [1.807, 2.05) is 52.1 Å². The largest absolute Gasteiger partial charge is 0.465 e. The molecule has 0 saturated heterocycles. The molecule has 1 N–H and O–H groups in total. The highest BCUT2D eigenvalue weighted by Crippen LogP contribution is 2.15. The number of nitrogens with one attached hydrogen (secondary N) is 1. The fraction of sp³-hybridized carbons (Fsp3) is 0.562. The van der Waals surface area contributed by atoms with Crippen molar-refractivity contribution < 1.29 is 19.0 Å². The third kappa shape index (κ3) is 7.11. The van der Waals surface area contributed by atoms with E-state index in [0.29, 0.717) is 6.61 Å². The van der Waals surface area contributed by atoms with Crippen LogP contribution in [0.1, 0.15) is 26.3 Å². The summed E-state index contributed by atoms with van der Waals surface area (Å²) in [6, 6.07) is 7.44. The Morgan fingerprint density at radius 3 is 2.43 bits per heavy atom. The Bertz CT molecular complexity index is 417. The highest BCUT2D eigenvalue weighted by Gasteiger charge is 2.08. The lowest BCUT2D eigenvalue weighted by atomic mass is 10.2. The standard InChI is InChI=1S/C16H25NO4/c1-12(2)16(18)20-11-14-5-7-15(8-6-14)21-13(3)19-10-9-17-4/h5-8,12-13,17H,9-11H2,1-4H3. The molecule has 21 heavy (non-hydrogen) atoms. The zero-order valence-electron chi connectivity index (χ0n) is 13.2. The second-order valence-corrected chi connectivity index (χ2v) is 5.07. The first-order valence-electron chi connectivity index (χ1n) is 7.21. The molecule has 5 heteroatoms. The van der Waals surface area contributed by atoms with Crippen LogP contribution in [0.2, 0.25) is 0 Å². The molecule has 0 aliphatic rings. The second-order valence-electron chi connectivity index (χ2n) is 5.07. The van der Waals surface area contributed by atoms with Crippen LogP contribution in [0.5, 0.6) is 5.75 Å². The fourth-order valence-corrected chi connectivity index (χ4v) is 1.54. The number of likely N-dealkylation sites (N-methyl/N-ethyl adjacent to an activating group) is 1. The molecule has 1 atom stereocenters. The lowest BCUT2D eigenvalue weighted by Crippen LogP contribution is -2.22. The molecule has 0 saturated carbocycles. The first-order chi connectivity index (χ1) is 10.0. The van der Waals surface area contributed by atoms with E-state index in [4.69, 9.17) is 14.2 Å². The van der Waals surface area contributed by atoms with E-state index in [0.717, 1.165) is 17.9 Å². The van der Waals surface area contributed by atoms with Gasteiger partial charge in [-0.1, -0.05) is 26.0 Å². The summed E-state index contributed by atoms with van der Waals surface area (Å²) in [5, 5.41) is 3.00. The number of ether oxygens (including phenoxy) is 3. The van der Waals surface area contributed by atoms with E-state index >= 15 is 0 Å². The Morgan fingerprint density at radius 1 is 1.19 bits per heavy atom. The maximum absolute atomic E-state index is 11.4. The minimum Gasteiger partial charge on any atom is -0.465 e. The van der Waals surface area contributed by atoms with Crippen LogP contribution in [0.3, 0.4) is 0 Å². The summed E-state index contributed by atoms with van der Waals surface area (Å²) in [5.41, 5.74) is 0.931. The molecule has 0 radical (unpaired) electrons. The number of esters is 1. The maximum Gasteiger partial charge on any atom is 0.308 e. The summed E-state index contributed by atoms with van der Waals surface area (Å²) in [7, 11) is 1.87. The number of carbonyl (C=O) groups is 1. The zero-order valence-corrected chi connectivity index (χ0v) is 13.2. The van der Waals surface area contributed by atoms with Gasteiger partial charge in [-0.25, -0.2) is 0 Å². The van der Waals surface area contributed by atoms with Crippen LogP contribution in [-0.4, -0.2) is 32.5 Å². The van der Waals surface area contributed by atoms with Gasteiger partial charge in [0.2, 0.25) is 0 Å². The van der Waals surface area contributed by atoms with Gasteiger partial charge in [-0.15, -0.1) is 0 Å². The van der Waals surface area contributed by atoms with Gasteiger partial charge in [-0.3, -0.25) is 4.79 Å². The van der Waals surface area contributed by atoms with Gasteiger partial charge in [0, 0.05) is 6.54 Å².